The van der Waals surface area contributed by atoms with Crippen molar-refractivity contribution in [3.63, 3.8) is 0 Å². The molecule has 0 spiro atoms. The Balaban J connectivity index is 2.55. The summed E-state index contributed by atoms with van der Waals surface area (Å²) in [5.41, 5.74) is 7.79. The molecule has 0 unspecified atom stereocenters. The molecule has 2 rings (SSSR count). The Morgan fingerprint density at radius 2 is 1.62 bits per heavy atom. The van der Waals surface area contributed by atoms with Crippen molar-refractivity contribution in [1.29, 1.82) is 0 Å². The van der Waals surface area contributed by atoms with Crippen LogP contribution in [0, 0.1) is 3.57 Å². The van der Waals surface area contributed by atoms with Gasteiger partial charge in [0.15, 0.2) is 5.82 Å². The third-order valence-electron chi connectivity index (χ3n) is 2.96. The molecule has 4 nitrogen and oxygen atoms in total. The number of rotatable bonds is 1. The minimum Gasteiger partial charge on any atom is -0.383 e. The molecule has 0 saturated heterocycles. The van der Waals surface area contributed by atoms with Crippen molar-refractivity contribution in [2.75, 3.05) is 5.73 Å². The number of hydrogen-bond donors (Lipinski definition) is 1. The summed E-state index contributed by atoms with van der Waals surface area (Å²) in [5.74, 6) is 1.14. The van der Waals surface area contributed by atoms with Gasteiger partial charge in [0.1, 0.15) is 11.5 Å². The highest BCUT2D eigenvalue weighted by atomic mass is 127. The van der Waals surface area contributed by atoms with Crippen LogP contribution in [0.2, 0.25) is 0 Å². The second-order valence-electron chi connectivity index (χ2n) is 7.13. The fourth-order valence-corrected chi connectivity index (χ4v) is 3.73. The van der Waals surface area contributed by atoms with Crippen molar-refractivity contribution in [2.24, 2.45) is 0 Å². The standard InChI is InChI=1S/C15H21IN4S/c1-14(2,3)10-9(16)11(17)20-12(19-10)8-7-21-13(18-8)15(4,5)6/h7H,1-6H3,(H2,17,19,20). The normalized spacial score (nSPS) is 12.7. The third-order valence-corrected chi connectivity index (χ3v) is 5.29. The van der Waals surface area contributed by atoms with E-state index in [-0.39, 0.29) is 10.8 Å². The lowest BCUT2D eigenvalue weighted by atomic mass is 9.92. The molecule has 114 valence electrons. The number of hydrogen-bond acceptors (Lipinski definition) is 5. The number of nitrogens with zero attached hydrogens (tertiary/aromatic N) is 3. The first kappa shape index (κ1) is 16.6. The molecule has 2 aromatic rings. The molecule has 0 aliphatic rings. The third kappa shape index (κ3) is 3.53. The molecule has 2 heterocycles. The minimum atomic E-state index is -0.0782. The molecule has 0 bridgehead atoms. The molecule has 0 saturated carbocycles. The Kier molecular flexibility index (Phi) is 4.32. The van der Waals surface area contributed by atoms with Crippen LogP contribution in [-0.2, 0) is 10.8 Å². The molecule has 0 amide bonds. The van der Waals surface area contributed by atoms with Gasteiger partial charge in [0, 0.05) is 16.2 Å². The summed E-state index contributed by atoms with van der Waals surface area (Å²) < 4.78 is 0.926. The van der Waals surface area contributed by atoms with E-state index in [4.69, 9.17) is 10.7 Å². The molecule has 21 heavy (non-hydrogen) atoms. The van der Waals surface area contributed by atoms with Gasteiger partial charge in [0.2, 0.25) is 0 Å². The molecule has 0 radical (unpaired) electrons. The largest absolute Gasteiger partial charge is 0.383 e. The van der Waals surface area contributed by atoms with E-state index < -0.39 is 0 Å². The SMILES string of the molecule is CC(C)(C)c1nc(-c2nc(N)c(I)c(C(C)(C)C)n2)cs1. The quantitative estimate of drug-likeness (QED) is 0.701. The van der Waals surface area contributed by atoms with E-state index in [1.807, 2.05) is 5.38 Å². The van der Waals surface area contributed by atoms with E-state index in [1.165, 1.54) is 0 Å². The summed E-state index contributed by atoms with van der Waals surface area (Å²) in [7, 11) is 0. The second kappa shape index (κ2) is 5.46. The molecule has 0 fully saturated rings. The number of anilines is 1. The van der Waals surface area contributed by atoms with Gasteiger partial charge in [0.05, 0.1) is 14.3 Å². The summed E-state index contributed by atoms with van der Waals surface area (Å²) in [5, 5.41) is 3.09. The lowest BCUT2D eigenvalue weighted by molar-refractivity contribution is 0.564. The summed E-state index contributed by atoms with van der Waals surface area (Å²) in [6.07, 6.45) is 0. The predicted octanol–water partition coefficient (Wildman–Crippen LogP) is 4.38. The lowest BCUT2D eigenvalue weighted by Gasteiger charge is -2.20. The van der Waals surface area contributed by atoms with Gasteiger partial charge in [0.25, 0.3) is 0 Å². The highest BCUT2D eigenvalue weighted by Crippen LogP contribution is 2.32. The summed E-state index contributed by atoms with van der Waals surface area (Å²) in [6.45, 7) is 12.8. The molecule has 2 N–H and O–H groups in total. The number of aromatic nitrogens is 3. The van der Waals surface area contributed by atoms with Gasteiger partial charge in [-0.1, -0.05) is 41.5 Å². The minimum absolute atomic E-state index is 0.0323. The fourth-order valence-electron chi connectivity index (χ4n) is 1.80. The van der Waals surface area contributed by atoms with Gasteiger partial charge in [-0.15, -0.1) is 11.3 Å². The van der Waals surface area contributed by atoms with E-state index in [0.29, 0.717) is 11.6 Å². The number of nitrogens with two attached hydrogens (primary N) is 1. The Hall–Kier alpha value is -0.760. The topological polar surface area (TPSA) is 64.7 Å². The van der Waals surface area contributed by atoms with E-state index >= 15 is 0 Å². The van der Waals surface area contributed by atoms with Crippen LogP contribution in [-0.4, -0.2) is 15.0 Å². The maximum atomic E-state index is 6.07. The molecule has 6 heteroatoms. The Bertz CT molecular complexity index is 665. The van der Waals surface area contributed by atoms with Gasteiger partial charge < -0.3 is 5.73 Å². The summed E-state index contributed by atoms with van der Waals surface area (Å²) in [4.78, 5) is 13.8. The lowest BCUT2D eigenvalue weighted by Crippen LogP contribution is -2.18. The molecule has 2 aromatic heterocycles. The molecular formula is C15H21IN4S. The maximum absolute atomic E-state index is 6.07. The van der Waals surface area contributed by atoms with Gasteiger partial charge in [-0.3, -0.25) is 0 Å². The van der Waals surface area contributed by atoms with Crippen molar-refractivity contribution in [3.05, 3.63) is 19.7 Å². The van der Waals surface area contributed by atoms with E-state index in [9.17, 15) is 0 Å². The van der Waals surface area contributed by atoms with Crippen LogP contribution in [0.25, 0.3) is 11.5 Å². The average Bonchev–Trinajstić information content (AvgIpc) is 2.80. The highest BCUT2D eigenvalue weighted by molar-refractivity contribution is 14.1. The molecule has 0 atom stereocenters. The van der Waals surface area contributed by atoms with Crippen LogP contribution in [0.4, 0.5) is 5.82 Å². The van der Waals surface area contributed by atoms with Crippen LogP contribution in [0.3, 0.4) is 0 Å². The zero-order valence-corrected chi connectivity index (χ0v) is 16.3. The van der Waals surface area contributed by atoms with E-state index in [2.05, 4.69) is 74.1 Å². The van der Waals surface area contributed by atoms with Crippen molar-refractivity contribution in [2.45, 2.75) is 52.4 Å². The highest BCUT2D eigenvalue weighted by Gasteiger charge is 2.24. The van der Waals surface area contributed by atoms with E-state index in [1.54, 1.807) is 11.3 Å². The first-order valence-corrected chi connectivity index (χ1v) is 8.76. The van der Waals surface area contributed by atoms with Crippen LogP contribution >= 0.6 is 33.9 Å². The van der Waals surface area contributed by atoms with Crippen molar-refractivity contribution in [1.82, 2.24) is 15.0 Å². The first-order valence-electron chi connectivity index (χ1n) is 6.80. The molecule has 0 aliphatic carbocycles. The molecule has 0 aliphatic heterocycles. The van der Waals surface area contributed by atoms with E-state index in [0.717, 1.165) is 20.0 Å². The Labute approximate surface area is 143 Å². The van der Waals surface area contributed by atoms with Crippen LogP contribution < -0.4 is 5.73 Å². The zero-order valence-electron chi connectivity index (χ0n) is 13.3. The monoisotopic (exact) mass is 416 g/mol. The smallest absolute Gasteiger partial charge is 0.181 e. The van der Waals surface area contributed by atoms with Crippen molar-refractivity contribution < 1.29 is 0 Å². The predicted molar refractivity (Wildman–Crippen MR) is 97.7 cm³/mol. The van der Waals surface area contributed by atoms with Crippen LogP contribution in [0.15, 0.2) is 5.38 Å². The summed E-state index contributed by atoms with van der Waals surface area (Å²) >= 11 is 3.86. The maximum Gasteiger partial charge on any atom is 0.181 e. The second-order valence-corrected chi connectivity index (χ2v) is 9.07. The number of thiazole rings is 1. The Morgan fingerprint density at radius 1 is 1.00 bits per heavy atom. The van der Waals surface area contributed by atoms with Gasteiger partial charge in [-0.25, -0.2) is 15.0 Å². The van der Waals surface area contributed by atoms with Crippen molar-refractivity contribution in [3.8, 4) is 11.5 Å². The van der Waals surface area contributed by atoms with Crippen LogP contribution in [0.1, 0.15) is 52.2 Å². The summed E-state index contributed by atoms with van der Waals surface area (Å²) in [6, 6.07) is 0. The average molecular weight is 416 g/mol. The van der Waals surface area contributed by atoms with Crippen molar-refractivity contribution >= 4 is 39.7 Å². The van der Waals surface area contributed by atoms with Gasteiger partial charge >= 0.3 is 0 Å². The van der Waals surface area contributed by atoms with Crippen LogP contribution in [0.5, 0.6) is 0 Å². The zero-order chi connectivity index (χ0) is 16.0. The first-order chi connectivity index (χ1) is 9.50. The van der Waals surface area contributed by atoms with Gasteiger partial charge in [-0.2, -0.15) is 0 Å². The molecular weight excluding hydrogens is 395 g/mol. The number of halogens is 1. The van der Waals surface area contributed by atoms with Gasteiger partial charge in [-0.05, 0) is 22.6 Å². The Morgan fingerprint density at radius 3 is 2.10 bits per heavy atom. The molecule has 0 aromatic carbocycles. The number of nitrogen functional groups attached to an aromatic ring is 1. The fraction of sp³-hybridized carbons (Fsp3) is 0.533.